The summed E-state index contributed by atoms with van der Waals surface area (Å²) in [6.45, 7) is 52.3. The normalized spacial score (nSPS) is 33.9. The fourth-order valence-electron chi connectivity index (χ4n) is 11.3. The summed E-state index contributed by atoms with van der Waals surface area (Å²) in [6, 6.07) is 0. The van der Waals surface area contributed by atoms with E-state index >= 15 is 0 Å². The molecule has 0 aromatic carbocycles. The van der Waals surface area contributed by atoms with Crippen LogP contribution in [0.2, 0.25) is 124 Å². The Hall–Kier alpha value is 1.18. The molecule has 0 spiro atoms. The Balaban J connectivity index is 2.22. The van der Waals surface area contributed by atoms with Crippen LogP contribution in [0.4, 0.5) is 0 Å². The van der Waals surface area contributed by atoms with Crippen molar-refractivity contribution in [1.29, 1.82) is 0 Å². The first-order valence-corrected chi connectivity index (χ1v) is 47.6. The highest BCUT2D eigenvalue weighted by atomic mass is 29.6. The molecule has 4 fully saturated rings. The van der Waals surface area contributed by atoms with Gasteiger partial charge in [0.05, 0.1) is 20.4 Å². The van der Waals surface area contributed by atoms with Crippen molar-refractivity contribution in [3.63, 3.8) is 0 Å². The van der Waals surface area contributed by atoms with E-state index in [1.165, 1.54) is 25.7 Å². The number of hydrogen-bond acceptors (Lipinski definition) is 1. The van der Waals surface area contributed by atoms with E-state index in [1.54, 1.807) is 6.42 Å². The SMILES string of the molecule is C[Si](C)(C)OC1(C2C3CC4CC(C3)CC2C4)C(/C=C/[Si](C)(C)[Si](C)(C)C)=C([Si](C)(C)[Si](C)(C)C)[Si]1([Si](C)(C)C)[Si](C)(C)C. The molecule has 4 bridgehead atoms. The molecule has 5 aliphatic rings. The van der Waals surface area contributed by atoms with Gasteiger partial charge in [0, 0.05) is 30.4 Å². The van der Waals surface area contributed by atoms with Crippen LogP contribution in [-0.2, 0) is 4.43 Å². The summed E-state index contributed by atoms with van der Waals surface area (Å²) in [5.74, 6) is 4.66. The summed E-state index contributed by atoms with van der Waals surface area (Å²) in [7, 11) is -13.1. The summed E-state index contributed by atoms with van der Waals surface area (Å²) in [5, 5.41) is 0.0781. The lowest BCUT2D eigenvalue weighted by molar-refractivity contribution is -0.0922. The van der Waals surface area contributed by atoms with E-state index in [1.807, 2.05) is 5.57 Å². The molecule has 4 saturated carbocycles. The molecule has 1 atom stereocenters. The lowest BCUT2D eigenvalue weighted by Crippen LogP contribution is -2.95. The topological polar surface area (TPSA) is 9.23 Å². The van der Waals surface area contributed by atoms with Gasteiger partial charge in [-0.2, -0.15) is 0 Å². The minimum Gasteiger partial charge on any atom is -0.411 e. The maximum absolute atomic E-state index is 8.38. The quantitative estimate of drug-likeness (QED) is 0.204. The zero-order valence-corrected chi connectivity index (χ0v) is 40.5. The molecule has 0 N–H and O–H groups in total. The fraction of sp³-hybridized carbons (Fsp3) is 0.882. The van der Waals surface area contributed by atoms with Crippen LogP contribution in [0, 0.1) is 29.6 Å². The van der Waals surface area contributed by atoms with Crippen LogP contribution in [-0.4, -0.2) is 66.2 Å². The highest BCUT2D eigenvalue weighted by molar-refractivity contribution is 7.77. The maximum atomic E-state index is 8.38. The van der Waals surface area contributed by atoms with Crippen molar-refractivity contribution < 1.29 is 4.43 Å². The second kappa shape index (κ2) is 10.8. The second-order valence-electron chi connectivity index (χ2n) is 22.1. The molecule has 0 radical (unpaired) electrons. The van der Waals surface area contributed by atoms with E-state index in [0.717, 1.165) is 29.6 Å². The van der Waals surface area contributed by atoms with Crippen LogP contribution in [0.15, 0.2) is 22.2 Å². The first kappa shape index (κ1) is 37.0. The lowest BCUT2D eigenvalue weighted by Gasteiger charge is -2.78. The van der Waals surface area contributed by atoms with Gasteiger partial charge in [-0.25, -0.2) is 0 Å². The van der Waals surface area contributed by atoms with Gasteiger partial charge in [-0.05, 0) is 86.9 Å². The fourth-order valence-corrected chi connectivity index (χ4v) is 95.5. The van der Waals surface area contributed by atoms with Crippen molar-refractivity contribution in [3.05, 3.63) is 22.2 Å². The van der Waals surface area contributed by atoms with Gasteiger partial charge in [0.15, 0.2) is 8.32 Å². The van der Waals surface area contributed by atoms with E-state index < -0.39 is 61.0 Å². The molecule has 1 aliphatic heterocycles. The van der Waals surface area contributed by atoms with Gasteiger partial charge in [0.25, 0.3) is 0 Å². The molecule has 0 saturated heterocycles. The zero-order valence-electron chi connectivity index (χ0n) is 32.5. The standard InChI is InChI=1S/C34H74OSi8/c1-36(2,3)35-34(32-29-23-27-22-28(25-29)26-30(32)24-27)31(20-21-41(16,17)37(4,5)6)33(42(18,19)38(7,8)9)43(34,39(10,11)12)40(13,14)15/h20-21,27-30,32H,22-26H2,1-19H3/b21-20+. The molecule has 5 rings (SSSR count). The molecule has 4 aliphatic carbocycles. The first-order chi connectivity index (χ1) is 19.0. The van der Waals surface area contributed by atoms with Gasteiger partial charge >= 0.3 is 0 Å². The molecule has 0 aromatic rings. The average Bonchev–Trinajstić information content (AvgIpc) is 2.71. The third kappa shape index (κ3) is 5.62. The minimum atomic E-state index is -2.03. The molecule has 0 amide bonds. The predicted molar refractivity (Wildman–Crippen MR) is 218 cm³/mol. The Morgan fingerprint density at radius 1 is 0.605 bits per heavy atom. The largest absolute Gasteiger partial charge is 0.411 e. The summed E-state index contributed by atoms with van der Waals surface area (Å²) in [6.07, 6.45) is 10.5. The van der Waals surface area contributed by atoms with Crippen LogP contribution in [0.25, 0.3) is 0 Å². The highest BCUT2D eigenvalue weighted by Gasteiger charge is 2.82. The van der Waals surface area contributed by atoms with Crippen molar-refractivity contribution in [3.8, 4) is 0 Å². The Kier molecular flexibility index (Phi) is 9.33. The monoisotopic (exact) mass is 722 g/mol. The summed E-state index contributed by atoms with van der Waals surface area (Å²) in [4.78, 5) is 2.21. The van der Waals surface area contributed by atoms with Crippen molar-refractivity contribution in [1.82, 2.24) is 0 Å². The molecule has 0 aromatic heterocycles. The smallest absolute Gasteiger partial charge is 0.184 e. The summed E-state index contributed by atoms with van der Waals surface area (Å²) < 4.78 is 8.38. The Morgan fingerprint density at radius 3 is 1.35 bits per heavy atom. The van der Waals surface area contributed by atoms with Crippen molar-refractivity contribution in [2.75, 3.05) is 0 Å². The minimum absolute atomic E-state index is 0.0781. The van der Waals surface area contributed by atoms with Crippen LogP contribution in [0.3, 0.4) is 0 Å². The van der Waals surface area contributed by atoms with Crippen LogP contribution in [0.5, 0.6) is 0 Å². The highest BCUT2D eigenvalue weighted by Crippen LogP contribution is 2.70. The summed E-state index contributed by atoms with van der Waals surface area (Å²) in [5.41, 5.74) is 4.77. The Morgan fingerprint density at radius 2 is 1.02 bits per heavy atom. The average molecular weight is 724 g/mol. The van der Waals surface area contributed by atoms with Crippen molar-refractivity contribution in [2.45, 2.75) is 162 Å². The van der Waals surface area contributed by atoms with Crippen LogP contribution in [0.1, 0.15) is 32.1 Å². The third-order valence-electron chi connectivity index (χ3n) is 14.1. The molecular formula is C34H74OSi8. The Bertz CT molecular complexity index is 1110. The van der Waals surface area contributed by atoms with E-state index in [4.69, 9.17) is 4.43 Å². The van der Waals surface area contributed by atoms with Crippen molar-refractivity contribution in [2.24, 2.45) is 29.6 Å². The molecule has 9 heteroatoms. The van der Waals surface area contributed by atoms with E-state index in [0.29, 0.717) is 0 Å². The molecule has 43 heavy (non-hydrogen) atoms. The number of rotatable bonds is 10. The van der Waals surface area contributed by atoms with Gasteiger partial charge in [-0.3, -0.25) is 0 Å². The van der Waals surface area contributed by atoms with Gasteiger partial charge in [0.1, 0.15) is 7.11 Å². The molecule has 248 valence electrons. The molecule has 1 unspecified atom stereocenters. The van der Waals surface area contributed by atoms with Gasteiger partial charge < -0.3 is 4.43 Å². The lowest BCUT2D eigenvalue weighted by atomic mass is 9.50. The van der Waals surface area contributed by atoms with E-state index in [9.17, 15) is 0 Å². The molecule has 1 heterocycles. The summed E-state index contributed by atoms with van der Waals surface area (Å²) >= 11 is 0. The third-order valence-corrected chi connectivity index (χ3v) is 92.8. The van der Waals surface area contributed by atoms with Crippen molar-refractivity contribution >= 4 is 61.0 Å². The first-order valence-electron chi connectivity index (χ1n) is 18.1. The van der Waals surface area contributed by atoms with E-state index in [-0.39, 0.29) is 5.22 Å². The van der Waals surface area contributed by atoms with Crippen LogP contribution < -0.4 is 0 Å². The van der Waals surface area contributed by atoms with E-state index in [2.05, 4.69) is 141 Å². The van der Waals surface area contributed by atoms with Gasteiger partial charge in [0.2, 0.25) is 0 Å². The predicted octanol–water partition coefficient (Wildman–Crippen LogP) is 11.2. The molecule has 1 nitrogen and oxygen atoms in total. The van der Waals surface area contributed by atoms with Gasteiger partial charge in [-0.15, -0.1) is 0 Å². The maximum Gasteiger partial charge on any atom is 0.184 e. The van der Waals surface area contributed by atoms with Crippen LogP contribution >= 0.6 is 0 Å². The zero-order chi connectivity index (χ0) is 33.2. The van der Waals surface area contributed by atoms with Gasteiger partial charge in [-0.1, -0.05) is 121 Å². The molecular weight excluding hydrogens is 649 g/mol. The second-order valence-corrected chi connectivity index (χ2v) is 86.9. The Labute approximate surface area is 277 Å². The number of hydrogen-bond donors (Lipinski definition) is 0.